The maximum absolute atomic E-state index is 11.7. The minimum Gasteiger partial charge on any atom is -0.382 e. The minimum atomic E-state index is -4.25. The zero-order valence-corrected chi connectivity index (χ0v) is 16.2. The number of phosphoric acid groups is 1. The quantitative estimate of drug-likeness (QED) is 0.530. The van der Waals surface area contributed by atoms with Crippen LogP contribution in [0, 0.1) is 0 Å². The molecule has 0 radical (unpaired) electrons. The van der Waals surface area contributed by atoms with Crippen LogP contribution in [0.3, 0.4) is 0 Å². The van der Waals surface area contributed by atoms with Gasteiger partial charge in [-0.15, -0.1) is 0 Å². The summed E-state index contributed by atoms with van der Waals surface area (Å²) in [6.45, 7) is 0.636. The van der Waals surface area contributed by atoms with Gasteiger partial charge in [0, 0.05) is 20.2 Å². The predicted octanol–water partition coefficient (Wildman–Crippen LogP) is 0.660. The highest BCUT2D eigenvalue weighted by molar-refractivity contribution is 7.51. The average molecular weight is 423 g/mol. The first kappa shape index (κ1) is 20.3. The van der Waals surface area contributed by atoms with E-state index in [0.717, 1.165) is 13.8 Å². The van der Waals surface area contributed by atoms with E-state index < -0.39 is 40.5 Å². The van der Waals surface area contributed by atoms with Crippen molar-refractivity contribution in [2.24, 2.45) is 0 Å². The zero-order chi connectivity index (χ0) is 19.8. The van der Waals surface area contributed by atoms with Crippen LogP contribution in [0.1, 0.15) is 12.6 Å². The van der Waals surface area contributed by atoms with Gasteiger partial charge in [0.05, 0.1) is 19.0 Å². The summed E-state index contributed by atoms with van der Waals surface area (Å²) in [5.74, 6) is 0.194. The topological polar surface area (TPSA) is 181 Å². The van der Waals surface area contributed by atoms with Crippen LogP contribution in [0.2, 0.25) is 0 Å². The Kier molecular flexibility index (Phi) is 5.67. The Balaban J connectivity index is 1.84. The van der Waals surface area contributed by atoms with Gasteiger partial charge in [-0.05, 0) is 0 Å². The lowest BCUT2D eigenvalue weighted by molar-refractivity contribution is -0.0402. The number of nitrogens with zero attached hydrogens (tertiary/aromatic N) is 4. The second-order valence-electron chi connectivity index (χ2n) is 5.84. The second kappa shape index (κ2) is 7.53. The van der Waals surface area contributed by atoms with Crippen molar-refractivity contribution < 1.29 is 37.2 Å². The normalized spacial score (nSPS) is 27.5. The number of phosphoric ester groups is 1. The van der Waals surface area contributed by atoms with Crippen molar-refractivity contribution in [1.82, 2.24) is 19.5 Å². The maximum atomic E-state index is 11.7. The average Bonchev–Trinajstić information content (AvgIpc) is 3.16. The van der Waals surface area contributed by atoms with Gasteiger partial charge in [-0.25, -0.2) is 19.5 Å². The minimum absolute atomic E-state index is 0.143. The molecule has 0 aliphatic carbocycles. The molecule has 3 rings (SSSR count). The molecule has 1 fully saturated rings. The molecule has 3 heterocycles. The van der Waals surface area contributed by atoms with Crippen LogP contribution >= 0.6 is 15.4 Å². The van der Waals surface area contributed by atoms with E-state index in [1.165, 1.54) is 12.7 Å². The van der Waals surface area contributed by atoms with Crippen molar-refractivity contribution in [1.29, 1.82) is 0 Å². The number of aromatic nitrogens is 4. The highest BCUT2D eigenvalue weighted by Gasteiger charge is 2.41. The number of fused-ring (bicyclic) bond motifs is 1. The molecule has 0 bridgehead atoms. The first-order valence-electron chi connectivity index (χ1n) is 7.70. The number of ether oxygens (including phenoxy) is 1. The molecule has 0 aromatic carbocycles. The van der Waals surface area contributed by atoms with E-state index in [4.69, 9.17) is 19.5 Å². The molecule has 150 valence electrons. The van der Waals surface area contributed by atoms with Gasteiger partial charge < -0.3 is 24.8 Å². The van der Waals surface area contributed by atoms with Crippen molar-refractivity contribution in [2.75, 3.05) is 26.1 Å². The molecule has 1 aliphatic heterocycles. The third-order valence-electron chi connectivity index (χ3n) is 3.84. The molecule has 13 nitrogen and oxygen atoms in total. The summed E-state index contributed by atoms with van der Waals surface area (Å²) in [5.41, 5.74) is 6.54. The maximum Gasteiger partial charge on any atom is 0.472 e. The number of rotatable bonds is 7. The monoisotopic (exact) mass is 423 g/mol. The Morgan fingerprint density at radius 3 is 2.78 bits per heavy atom. The summed E-state index contributed by atoms with van der Waals surface area (Å²) in [5, 5.41) is 0. The smallest absolute Gasteiger partial charge is 0.382 e. The van der Waals surface area contributed by atoms with Gasteiger partial charge in [-0.1, -0.05) is 0 Å². The predicted molar refractivity (Wildman–Crippen MR) is 91.7 cm³/mol. The molecule has 4 N–H and O–H groups in total. The molecule has 1 aliphatic rings. The van der Waals surface area contributed by atoms with Gasteiger partial charge in [0.2, 0.25) is 0 Å². The number of hydrogen-bond donors (Lipinski definition) is 3. The number of hydrogen-bond acceptors (Lipinski definition) is 10. The van der Waals surface area contributed by atoms with E-state index in [1.807, 2.05) is 0 Å². The van der Waals surface area contributed by atoms with Crippen LogP contribution in [0.15, 0.2) is 12.7 Å². The van der Waals surface area contributed by atoms with E-state index >= 15 is 0 Å². The number of imidazole rings is 1. The number of anilines is 1. The summed E-state index contributed by atoms with van der Waals surface area (Å²) in [7, 11) is -7.09. The van der Waals surface area contributed by atoms with Crippen LogP contribution in [0.25, 0.3) is 11.2 Å². The first-order chi connectivity index (χ1) is 12.6. The fourth-order valence-electron chi connectivity index (χ4n) is 2.68. The lowest BCUT2D eigenvalue weighted by Crippen LogP contribution is -2.28. The first-order valence-corrected chi connectivity index (χ1v) is 11.2. The van der Waals surface area contributed by atoms with Gasteiger partial charge in [-0.3, -0.25) is 18.2 Å². The lowest BCUT2D eigenvalue weighted by Gasteiger charge is -2.20. The lowest BCUT2D eigenvalue weighted by atomic mass is 10.2. The SMILES string of the molecule is COP(=O)(O)OC[C@H]1O[C@@H](n2cnc3c(N)ncnc32)C[C@@H]1OP(C)(=O)O. The van der Waals surface area contributed by atoms with Crippen LogP contribution in [0.4, 0.5) is 5.82 Å². The zero-order valence-electron chi connectivity index (χ0n) is 14.4. The van der Waals surface area contributed by atoms with Gasteiger partial charge in [0.1, 0.15) is 24.2 Å². The standard InChI is InChI=1S/C12H19N5O8P2/c1-22-27(20,21)23-4-8-7(25-26(2,18)19)3-9(24-8)17-6-16-10-11(13)14-5-15-12(10)17/h5-9H,3-4H2,1-2H3,(H,18,19)(H,20,21)(H2,13,14,15)/t7-,8+,9+/m0/s1. The van der Waals surface area contributed by atoms with Crippen molar-refractivity contribution in [2.45, 2.75) is 24.9 Å². The van der Waals surface area contributed by atoms with Crippen LogP contribution in [-0.2, 0) is 27.4 Å². The molecule has 0 amide bonds. The van der Waals surface area contributed by atoms with Crippen molar-refractivity contribution >= 4 is 32.4 Å². The summed E-state index contributed by atoms with van der Waals surface area (Å²) < 4.78 is 44.9. The molecular weight excluding hydrogens is 404 g/mol. The second-order valence-corrected chi connectivity index (χ2v) is 9.22. The van der Waals surface area contributed by atoms with Crippen LogP contribution in [0.5, 0.6) is 0 Å². The van der Waals surface area contributed by atoms with Gasteiger partial charge in [0.15, 0.2) is 11.5 Å². The van der Waals surface area contributed by atoms with Crippen molar-refractivity contribution in [3.63, 3.8) is 0 Å². The summed E-state index contributed by atoms with van der Waals surface area (Å²) in [6.07, 6.45) is 0.373. The van der Waals surface area contributed by atoms with E-state index in [2.05, 4.69) is 19.5 Å². The van der Waals surface area contributed by atoms with Gasteiger partial charge in [0.25, 0.3) is 0 Å². The summed E-state index contributed by atoms with van der Waals surface area (Å²) in [6, 6.07) is 0. The molecule has 27 heavy (non-hydrogen) atoms. The highest BCUT2D eigenvalue weighted by atomic mass is 31.2. The summed E-state index contributed by atoms with van der Waals surface area (Å²) in [4.78, 5) is 31.0. The molecular formula is C12H19N5O8P2. The molecule has 5 atom stereocenters. The Labute approximate surface area is 153 Å². The molecule has 15 heteroatoms. The third kappa shape index (κ3) is 4.71. The summed E-state index contributed by atoms with van der Waals surface area (Å²) >= 11 is 0. The largest absolute Gasteiger partial charge is 0.472 e. The third-order valence-corrected chi connectivity index (χ3v) is 5.44. The molecule has 2 aromatic rings. The fraction of sp³-hybridized carbons (Fsp3) is 0.583. The number of nitrogens with two attached hydrogens (primary N) is 1. The van der Waals surface area contributed by atoms with Gasteiger partial charge in [-0.2, -0.15) is 0 Å². The Hall–Kier alpha value is -1.43. The van der Waals surface area contributed by atoms with E-state index in [1.54, 1.807) is 4.57 Å². The molecule has 1 saturated heterocycles. The number of nitrogen functional groups attached to an aromatic ring is 1. The van der Waals surface area contributed by atoms with E-state index in [0.29, 0.717) is 11.2 Å². The molecule has 0 spiro atoms. The molecule has 0 saturated carbocycles. The van der Waals surface area contributed by atoms with Gasteiger partial charge >= 0.3 is 15.4 Å². The Morgan fingerprint density at radius 1 is 1.37 bits per heavy atom. The molecule has 2 aromatic heterocycles. The Bertz CT molecular complexity index is 916. The fourth-order valence-corrected chi connectivity index (χ4v) is 3.85. The van der Waals surface area contributed by atoms with E-state index in [-0.39, 0.29) is 12.2 Å². The highest BCUT2D eigenvalue weighted by Crippen LogP contribution is 2.47. The van der Waals surface area contributed by atoms with Crippen LogP contribution in [-0.4, -0.2) is 61.9 Å². The van der Waals surface area contributed by atoms with E-state index in [9.17, 15) is 18.9 Å². The molecule has 2 unspecified atom stereocenters. The Morgan fingerprint density at radius 2 is 2.11 bits per heavy atom. The van der Waals surface area contributed by atoms with Crippen molar-refractivity contribution in [3.8, 4) is 0 Å². The van der Waals surface area contributed by atoms with Crippen molar-refractivity contribution in [3.05, 3.63) is 12.7 Å². The van der Waals surface area contributed by atoms with Crippen LogP contribution < -0.4 is 5.73 Å².